The number of nitrogens with zero attached hydrogens (tertiary/aromatic N) is 1. The fraction of sp³-hybridized carbons (Fsp3) is 0.240. The summed E-state index contributed by atoms with van der Waals surface area (Å²) in [5, 5.41) is 0.773. The van der Waals surface area contributed by atoms with Gasteiger partial charge in [-0.2, -0.15) is 0 Å². The van der Waals surface area contributed by atoms with Crippen molar-refractivity contribution in [2.24, 2.45) is 0 Å². The zero-order chi connectivity index (χ0) is 24.4. The number of hydrogen-bond donors (Lipinski definition) is 0. The number of carbonyl (C=O) groups is 1. The van der Waals surface area contributed by atoms with E-state index in [1.165, 1.54) is 17.0 Å². The molecule has 0 aromatic heterocycles. The Labute approximate surface area is 207 Å². The number of epoxide rings is 1. The normalized spacial score (nSPS) is 21.6. The van der Waals surface area contributed by atoms with Crippen molar-refractivity contribution in [2.45, 2.75) is 30.0 Å². The average molecular weight is 520 g/mol. The summed E-state index contributed by atoms with van der Waals surface area (Å²) in [4.78, 5) is 15.2. The highest BCUT2D eigenvalue weighted by Gasteiger charge is 2.46. The molecule has 0 saturated carbocycles. The summed E-state index contributed by atoms with van der Waals surface area (Å²) in [6.07, 6.45) is 1.08. The maximum absolute atomic E-state index is 15.6. The monoisotopic (exact) mass is 519 g/mol. The first-order valence-corrected chi connectivity index (χ1v) is 13.2. The van der Waals surface area contributed by atoms with Crippen molar-refractivity contribution in [1.29, 1.82) is 0 Å². The molecule has 1 saturated heterocycles. The topological polar surface area (TPSA) is 67.0 Å². The van der Waals surface area contributed by atoms with Crippen LogP contribution in [-0.4, -0.2) is 32.1 Å². The van der Waals surface area contributed by atoms with Gasteiger partial charge in [0.05, 0.1) is 17.5 Å². The first-order chi connectivity index (χ1) is 16.0. The number of sulfone groups is 1. The molecular formula is C25H20Cl2FNO4S. The van der Waals surface area contributed by atoms with E-state index in [0.717, 1.165) is 6.26 Å². The maximum Gasteiger partial charge on any atom is 0.255 e. The lowest BCUT2D eigenvalue weighted by molar-refractivity contribution is 0.0733. The number of fused-ring (bicyclic) bond motifs is 1. The Morgan fingerprint density at radius 1 is 1.09 bits per heavy atom. The second kappa shape index (κ2) is 8.05. The lowest BCUT2D eigenvalue weighted by Gasteiger charge is -2.27. The molecule has 0 spiro atoms. The molecule has 3 aromatic rings. The third-order valence-electron chi connectivity index (χ3n) is 6.35. The second-order valence-electron chi connectivity index (χ2n) is 8.85. The molecule has 2 aliphatic heterocycles. The minimum atomic E-state index is -3.63. The van der Waals surface area contributed by atoms with Crippen LogP contribution in [0.1, 0.15) is 45.6 Å². The number of rotatable bonds is 5. The van der Waals surface area contributed by atoms with E-state index in [0.29, 0.717) is 28.3 Å². The summed E-state index contributed by atoms with van der Waals surface area (Å²) in [7, 11) is -3.63. The Bertz CT molecular complexity index is 1440. The van der Waals surface area contributed by atoms with Crippen LogP contribution in [0.2, 0.25) is 10.0 Å². The van der Waals surface area contributed by atoms with Crippen LogP contribution < -0.4 is 0 Å². The van der Waals surface area contributed by atoms with Gasteiger partial charge in [0.15, 0.2) is 9.84 Å². The second-order valence-corrected chi connectivity index (χ2v) is 11.7. The van der Waals surface area contributed by atoms with Gasteiger partial charge in [0, 0.05) is 34.0 Å². The smallest absolute Gasteiger partial charge is 0.255 e. The van der Waals surface area contributed by atoms with Gasteiger partial charge < -0.3 is 9.64 Å². The van der Waals surface area contributed by atoms with Gasteiger partial charge in [-0.25, -0.2) is 12.8 Å². The molecule has 2 aliphatic rings. The van der Waals surface area contributed by atoms with Crippen LogP contribution in [0.15, 0.2) is 59.5 Å². The third kappa shape index (κ3) is 4.01. The zero-order valence-electron chi connectivity index (χ0n) is 18.3. The zero-order valence-corrected chi connectivity index (χ0v) is 20.6. The molecule has 34 heavy (non-hydrogen) atoms. The minimum Gasteiger partial charge on any atom is -0.365 e. The van der Waals surface area contributed by atoms with Gasteiger partial charge in [-0.15, -0.1) is 0 Å². The number of halogens is 3. The van der Waals surface area contributed by atoms with Crippen molar-refractivity contribution < 1.29 is 22.3 Å². The van der Waals surface area contributed by atoms with Crippen LogP contribution in [0.3, 0.4) is 0 Å². The molecule has 2 atom stereocenters. The third-order valence-corrected chi connectivity index (χ3v) is 8.02. The highest BCUT2D eigenvalue weighted by molar-refractivity contribution is 7.90. The Hall–Kier alpha value is -2.45. The Kier molecular flexibility index (Phi) is 5.52. The van der Waals surface area contributed by atoms with Gasteiger partial charge in [-0.1, -0.05) is 41.4 Å². The quantitative estimate of drug-likeness (QED) is 0.415. The molecule has 0 radical (unpaired) electrons. The number of ether oxygens (including phenoxy) is 1. The summed E-state index contributed by atoms with van der Waals surface area (Å²) in [5.41, 5.74) is 1.52. The van der Waals surface area contributed by atoms with E-state index in [4.69, 9.17) is 27.9 Å². The van der Waals surface area contributed by atoms with Crippen LogP contribution in [0, 0.1) is 5.82 Å². The molecule has 9 heteroatoms. The van der Waals surface area contributed by atoms with Crippen molar-refractivity contribution in [3.63, 3.8) is 0 Å². The maximum atomic E-state index is 15.6. The number of hydrogen-bond acceptors (Lipinski definition) is 4. The summed E-state index contributed by atoms with van der Waals surface area (Å²) in [6.45, 7) is 2.24. The van der Waals surface area contributed by atoms with Crippen molar-refractivity contribution >= 4 is 38.9 Å². The van der Waals surface area contributed by atoms with Crippen LogP contribution in [0.25, 0.3) is 0 Å². The Morgan fingerprint density at radius 3 is 2.35 bits per heavy atom. The predicted octanol–water partition coefficient (Wildman–Crippen LogP) is 5.53. The first-order valence-electron chi connectivity index (χ1n) is 10.5. The molecule has 3 aromatic carbocycles. The molecule has 0 bridgehead atoms. The lowest BCUT2D eigenvalue weighted by Crippen LogP contribution is -2.29. The Morgan fingerprint density at radius 2 is 1.74 bits per heavy atom. The predicted molar refractivity (Wildman–Crippen MR) is 127 cm³/mol. The van der Waals surface area contributed by atoms with Gasteiger partial charge >= 0.3 is 0 Å². The Balaban J connectivity index is 1.66. The largest absolute Gasteiger partial charge is 0.365 e. The molecule has 5 rings (SSSR count). The van der Waals surface area contributed by atoms with Crippen molar-refractivity contribution in [2.75, 3.05) is 12.9 Å². The molecule has 5 nitrogen and oxygen atoms in total. The SMILES string of the molecule is CC1(c2cc(F)c3c(c2)C(=O)N(Cc2ccc(Cl)cc2S(C)(=O)=O)C3c2ccc(Cl)cc2)CO1. The van der Waals surface area contributed by atoms with E-state index in [1.807, 2.05) is 6.92 Å². The van der Waals surface area contributed by atoms with Gasteiger partial charge in [-0.3, -0.25) is 4.79 Å². The summed E-state index contributed by atoms with van der Waals surface area (Å²) >= 11 is 12.1. The highest BCUT2D eigenvalue weighted by atomic mass is 35.5. The van der Waals surface area contributed by atoms with Crippen molar-refractivity contribution in [3.8, 4) is 0 Å². The number of amides is 1. The van der Waals surface area contributed by atoms with E-state index in [9.17, 15) is 13.2 Å². The van der Waals surface area contributed by atoms with Crippen LogP contribution in [0.5, 0.6) is 0 Å². The molecule has 2 unspecified atom stereocenters. The van der Waals surface area contributed by atoms with Crippen LogP contribution in [-0.2, 0) is 26.7 Å². The molecule has 176 valence electrons. The summed E-state index contributed by atoms with van der Waals surface area (Å²) in [6, 6.07) is 13.7. The van der Waals surface area contributed by atoms with E-state index in [-0.39, 0.29) is 27.6 Å². The van der Waals surface area contributed by atoms with E-state index >= 15 is 4.39 Å². The van der Waals surface area contributed by atoms with Gasteiger partial charge in [-0.05, 0) is 60.0 Å². The highest BCUT2D eigenvalue weighted by Crippen LogP contribution is 2.46. The fourth-order valence-corrected chi connectivity index (χ4v) is 5.74. The number of benzene rings is 3. The molecule has 2 heterocycles. The van der Waals surface area contributed by atoms with Crippen LogP contribution in [0.4, 0.5) is 4.39 Å². The van der Waals surface area contributed by atoms with Crippen LogP contribution >= 0.6 is 23.2 Å². The van der Waals surface area contributed by atoms with Gasteiger partial charge in [0.1, 0.15) is 11.4 Å². The van der Waals surface area contributed by atoms with E-state index < -0.39 is 33.2 Å². The van der Waals surface area contributed by atoms with E-state index in [2.05, 4.69) is 0 Å². The molecule has 1 amide bonds. The summed E-state index contributed by atoms with van der Waals surface area (Å²) < 4.78 is 45.9. The molecule has 1 fully saturated rings. The van der Waals surface area contributed by atoms with Crippen molar-refractivity contribution in [3.05, 3.63) is 98.3 Å². The minimum absolute atomic E-state index is 0.0265. The summed E-state index contributed by atoms with van der Waals surface area (Å²) in [5.74, 6) is -0.909. The lowest BCUT2D eigenvalue weighted by atomic mass is 9.92. The molecular weight excluding hydrogens is 500 g/mol. The molecule has 0 aliphatic carbocycles. The molecule has 0 N–H and O–H groups in total. The first kappa shape index (κ1) is 23.3. The van der Waals surface area contributed by atoms with Gasteiger partial charge in [0.2, 0.25) is 0 Å². The fourth-order valence-electron chi connectivity index (χ4n) is 4.42. The van der Waals surface area contributed by atoms with E-state index in [1.54, 1.807) is 42.5 Å². The van der Waals surface area contributed by atoms with Crippen molar-refractivity contribution in [1.82, 2.24) is 4.90 Å². The number of carbonyl (C=O) groups excluding carboxylic acids is 1. The average Bonchev–Trinajstić information content (AvgIpc) is 3.47. The standard InChI is InChI=1S/C25H20Cl2FNO4S/c1-25(13-33-25)16-9-19-22(20(28)10-16)23(14-3-6-17(26)7-4-14)29(24(19)30)12-15-5-8-18(27)11-21(15)34(2,31)32/h3-11,23H,12-13H2,1-2H3. The van der Waals surface area contributed by atoms with Gasteiger partial charge in [0.25, 0.3) is 5.91 Å².